The summed E-state index contributed by atoms with van der Waals surface area (Å²) in [6.07, 6.45) is 4.25. The fraction of sp³-hybridized carbons (Fsp3) is 0.550. The second-order valence-corrected chi connectivity index (χ2v) is 6.47. The van der Waals surface area contributed by atoms with E-state index in [1.54, 1.807) is 0 Å². The van der Waals surface area contributed by atoms with Crippen molar-refractivity contribution in [1.82, 2.24) is 15.5 Å². The lowest BCUT2D eigenvalue weighted by atomic mass is 10.1. The van der Waals surface area contributed by atoms with Crippen LogP contribution in [0.4, 0.5) is 0 Å². The summed E-state index contributed by atoms with van der Waals surface area (Å²) in [4.78, 5) is 6.80. The number of ether oxygens (including phenoxy) is 1. The van der Waals surface area contributed by atoms with Crippen molar-refractivity contribution in [2.45, 2.75) is 39.3 Å². The molecule has 0 bridgehead atoms. The molecule has 0 aliphatic carbocycles. The molecule has 2 N–H and O–H groups in total. The van der Waals surface area contributed by atoms with Crippen LogP contribution in [0.2, 0.25) is 0 Å². The van der Waals surface area contributed by atoms with Gasteiger partial charge in [-0.3, -0.25) is 9.89 Å². The fourth-order valence-electron chi connectivity index (χ4n) is 3.16. The quantitative estimate of drug-likeness (QED) is 0.454. The first-order chi connectivity index (χ1) is 12.2. The zero-order valence-corrected chi connectivity index (χ0v) is 15.8. The maximum Gasteiger partial charge on any atom is 0.191 e. The summed E-state index contributed by atoms with van der Waals surface area (Å²) in [5, 5.41) is 6.96. The molecular formula is C20H32N4O. The Morgan fingerprint density at radius 3 is 2.76 bits per heavy atom. The van der Waals surface area contributed by atoms with Gasteiger partial charge < -0.3 is 15.4 Å². The van der Waals surface area contributed by atoms with Gasteiger partial charge >= 0.3 is 0 Å². The second-order valence-electron chi connectivity index (χ2n) is 6.47. The van der Waals surface area contributed by atoms with Gasteiger partial charge in [-0.05, 0) is 43.9 Å². The van der Waals surface area contributed by atoms with E-state index in [-0.39, 0.29) is 0 Å². The summed E-state index contributed by atoms with van der Waals surface area (Å²) in [7, 11) is 1.83. The third-order valence-corrected chi connectivity index (χ3v) is 4.54. The molecule has 1 fully saturated rings. The minimum atomic E-state index is 0.481. The highest BCUT2D eigenvalue weighted by atomic mass is 16.5. The standard InChI is InChI=1S/C20H32N4O/c1-5-11-24-12-9-18(10-13-24)23-20(21-4)22-15-17-7-8-19(25-6-2)16(3)14-17/h5,7-8,14,18H,1,6,9-13,15H2,2-4H3,(H2,21,22,23). The molecule has 0 spiro atoms. The van der Waals surface area contributed by atoms with Gasteiger partial charge in [-0.15, -0.1) is 6.58 Å². The molecule has 1 aromatic carbocycles. The van der Waals surface area contributed by atoms with E-state index >= 15 is 0 Å². The number of likely N-dealkylation sites (tertiary alicyclic amines) is 1. The minimum absolute atomic E-state index is 0.481. The van der Waals surface area contributed by atoms with E-state index in [1.165, 1.54) is 11.1 Å². The molecule has 0 unspecified atom stereocenters. The topological polar surface area (TPSA) is 48.9 Å². The summed E-state index contributed by atoms with van der Waals surface area (Å²) in [5.74, 6) is 1.83. The van der Waals surface area contributed by atoms with E-state index in [2.05, 4.69) is 46.2 Å². The molecule has 0 atom stereocenters. The molecule has 2 rings (SSSR count). The molecule has 1 aliphatic rings. The molecule has 1 saturated heterocycles. The van der Waals surface area contributed by atoms with Crippen LogP contribution in [0.25, 0.3) is 0 Å². The Balaban J connectivity index is 1.81. The number of piperidine rings is 1. The molecule has 0 radical (unpaired) electrons. The average Bonchev–Trinajstić information content (AvgIpc) is 2.62. The lowest BCUT2D eigenvalue weighted by Crippen LogP contribution is -2.48. The van der Waals surface area contributed by atoms with E-state index in [0.29, 0.717) is 12.6 Å². The van der Waals surface area contributed by atoms with Crippen LogP contribution in [0.3, 0.4) is 0 Å². The molecule has 1 heterocycles. The van der Waals surface area contributed by atoms with Crippen LogP contribution < -0.4 is 15.4 Å². The number of nitrogens with one attached hydrogen (secondary N) is 2. The Kier molecular flexibility index (Phi) is 7.79. The van der Waals surface area contributed by atoms with Crippen molar-refractivity contribution in [1.29, 1.82) is 0 Å². The molecule has 1 aliphatic heterocycles. The first-order valence-corrected chi connectivity index (χ1v) is 9.19. The number of aryl methyl sites for hydroxylation is 1. The van der Waals surface area contributed by atoms with E-state index < -0.39 is 0 Å². The van der Waals surface area contributed by atoms with E-state index in [9.17, 15) is 0 Å². The van der Waals surface area contributed by atoms with Crippen molar-refractivity contribution in [3.05, 3.63) is 42.0 Å². The van der Waals surface area contributed by atoms with Gasteiger partial charge in [0, 0.05) is 39.3 Å². The highest BCUT2D eigenvalue weighted by Gasteiger charge is 2.18. The van der Waals surface area contributed by atoms with Gasteiger partial charge in [-0.2, -0.15) is 0 Å². The Labute approximate surface area is 152 Å². The smallest absolute Gasteiger partial charge is 0.191 e. The number of nitrogens with zero attached hydrogens (tertiary/aromatic N) is 2. The molecule has 5 heteroatoms. The highest BCUT2D eigenvalue weighted by Crippen LogP contribution is 2.19. The van der Waals surface area contributed by atoms with Crippen molar-refractivity contribution in [2.24, 2.45) is 4.99 Å². The maximum atomic E-state index is 5.60. The third kappa shape index (κ3) is 6.09. The van der Waals surface area contributed by atoms with Gasteiger partial charge in [0.15, 0.2) is 5.96 Å². The van der Waals surface area contributed by atoms with Crippen molar-refractivity contribution < 1.29 is 4.74 Å². The van der Waals surface area contributed by atoms with Gasteiger partial charge in [0.05, 0.1) is 6.61 Å². The van der Waals surface area contributed by atoms with Gasteiger partial charge in [0.25, 0.3) is 0 Å². The molecule has 5 nitrogen and oxygen atoms in total. The number of hydrogen-bond acceptors (Lipinski definition) is 3. The summed E-state index contributed by atoms with van der Waals surface area (Å²) in [6.45, 7) is 12.6. The molecule has 0 aromatic heterocycles. The van der Waals surface area contributed by atoms with Crippen molar-refractivity contribution in [3.8, 4) is 5.75 Å². The maximum absolute atomic E-state index is 5.60. The molecule has 0 saturated carbocycles. The molecule has 1 aromatic rings. The first kappa shape index (κ1) is 19.3. The van der Waals surface area contributed by atoms with Gasteiger partial charge in [0.1, 0.15) is 5.75 Å². The molecule has 138 valence electrons. The average molecular weight is 345 g/mol. The Hall–Kier alpha value is -2.01. The third-order valence-electron chi connectivity index (χ3n) is 4.54. The van der Waals surface area contributed by atoms with Crippen molar-refractivity contribution in [2.75, 3.05) is 33.3 Å². The lowest BCUT2D eigenvalue weighted by molar-refractivity contribution is 0.225. The van der Waals surface area contributed by atoms with E-state index in [0.717, 1.165) is 50.7 Å². The van der Waals surface area contributed by atoms with Crippen LogP contribution in [0.1, 0.15) is 30.9 Å². The zero-order valence-electron chi connectivity index (χ0n) is 15.8. The van der Waals surface area contributed by atoms with Crippen LogP contribution in [0, 0.1) is 6.92 Å². The number of rotatable bonds is 7. The van der Waals surface area contributed by atoms with Gasteiger partial charge in [-0.1, -0.05) is 18.2 Å². The van der Waals surface area contributed by atoms with Crippen molar-refractivity contribution >= 4 is 5.96 Å². The van der Waals surface area contributed by atoms with Gasteiger partial charge in [0.2, 0.25) is 0 Å². The predicted molar refractivity (Wildman–Crippen MR) is 105 cm³/mol. The number of aliphatic imine (C=N–C) groups is 1. The fourth-order valence-corrected chi connectivity index (χ4v) is 3.16. The minimum Gasteiger partial charge on any atom is -0.494 e. The van der Waals surface area contributed by atoms with E-state index in [1.807, 2.05) is 26.1 Å². The Bertz CT molecular complexity index is 577. The lowest BCUT2D eigenvalue weighted by Gasteiger charge is -2.32. The SMILES string of the molecule is C=CCN1CCC(NC(=NC)NCc2ccc(OCC)c(C)c2)CC1. The molecule has 25 heavy (non-hydrogen) atoms. The number of guanidine groups is 1. The molecule has 0 amide bonds. The summed E-state index contributed by atoms with van der Waals surface area (Å²) < 4.78 is 5.60. The van der Waals surface area contributed by atoms with Crippen LogP contribution in [-0.4, -0.2) is 50.2 Å². The van der Waals surface area contributed by atoms with Crippen molar-refractivity contribution in [3.63, 3.8) is 0 Å². The highest BCUT2D eigenvalue weighted by molar-refractivity contribution is 5.79. The first-order valence-electron chi connectivity index (χ1n) is 9.19. The summed E-state index contributed by atoms with van der Waals surface area (Å²) in [6, 6.07) is 6.79. The number of benzene rings is 1. The second kappa shape index (κ2) is 10.1. The summed E-state index contributed by atoms with van der Waals surface area (Å²) in [5.41, 5.74) is 2.39. The molecular weight excluding hydrogens is 312 g/mol. The number of hydrogen-bond donors (Lipinski definition) is 2. The van der Waals surface area contributed by atoms with Gasteiger partial charge in [-0.25, -0.2) is 0 Å². The van der Waals surface area contributed by atoms with Crippen LogP contribution in [-0.2, 0) is 6.54 Å². The summed E-state index contributed by atoms with van der Waals surface area (Å²) >= 11 is 0. The zero-order chi connectivity index (χ0) is 18.1. The van der Waals surface area contributed by atoms with Crippen LogP contribution in [0.5, 0.6) is 5.75 Å². The Morgan fingerprint density at radius 2 is 2.16 bits per heavy atom. The van der Waals surface area contributed by atoms with Crippen LogP contribution >= 0.6 is 0 Å². The van der Waals surface area contributed by atoms with Crippen LogP contribution in [0.15, 0.2) is 35.8 Å². The predicted octanol–water partition coefficient (Wildman–Crippen LogP) is 2.71. The van der Waals surface area contributed by atoms with E-state index in [4.69, 9.17) is 4.74 Å². The largest absolute Gasteiger partial charge is 0.494 e. The normalized spacial score (nSPS) is 16.5. The Morgan fingerprint density at radius 1 is 1.40 bits per heavy atom. The monoisotopic (exact) mass is 344 g/mol.